The van der Waals surface area contributed by atoms with Gasteiger partial charge < -0.3 is 10.8 Å². The van der Waals surface area contributed by atoms with Gasteiger partial charge in [-0.15, -0.1) is 11.8 Å². The zero-order valence-corrected chi connectivity index (χ0v) is 12.3. The SMILES string of the molecule is CC1(C)N=c2c(SCC(N)C(=O)O)ccc([N+](=O)[O-])c2=N1. The summed E-state index contributed by atoms with van der Waals surface area (Å²) in [5, 5.41) is 20.5. The number of nitrogens with zero attached hydrogens (tertiary/aromatic N) is 3. The van der Waals surface area contributed by atoms with Gasteiger partial charge in [0.2, 0.25) is 0 Å². The molecule has 0 radical (unpaired) electrons. The van der Waals surface area contributed by atoms with Crippen molar-refractivity contribution < 1.29 is 14.8 Å². The molecule has 3 N–H and O–H groups in total. The fraction of sp³-hybridized carbons (Fsp3) is 0.417. The van der Waals surface area contributed by atoms with Crippen molar-refractivity contribution in [2.75, 3.05) is 5.75 Å². The Morgan fingerprint density at radius 2 is 2.10 bits per heavy atom. The van der Waals surface area contributed by atoms with E-state index >= 15 is 0 Å². The number of benzene rings is 1. The summed E-state index contributed by atoms with van der Waals surface area (Å²) in [7, 11) is 0. The number of thioether (sulfide) groups is 1. The lowest BCUT2D eigenvalue weighted by Crippen LogP contribution is -2.33. The molecule has 1 unspecified atom stereocenters. The molecular formula is C12H14N4O4S. The fourth-order valence-electron chi connectivity index (χ4n) is 1.86. The first-order valence-corrected chi connectivity index (χ1v) is 7.08. The normalized spacial score (nSPS) is 16.5. The molecule has 1 atom stereocenters. The highest BCUT2D eigenvalue weighted by Gasteiger charge is 2.26. The third-order valence-electron chi connectivity index (χ3n) is 2.80. The predicted octanol–water partition coefficient (Wildman–Crippen LogP) is 0.0877. The predicted molar refractivity (Wildman–Crippen MR) is 75.8 cm³/mol. The molecule has 0 saturated heterocycles. The van der Waals surface area contributed by atoms with Crippen molar-refractivity contribution in [2.24, 2.45) is 15.7 Å². The van der Waals surface area contributed by atoms with Gasteiger partial charge in [-0.3, -0.25) is 19.9 Å². The molecule has 1 aliphatic heterocycles. The minimum Gasteiger partial charge on any atom is -0.480 e. The third kappa shape index (κ3) is 3.19. The second kappa shape index (κ2) is 5.41. The molecule has 9 heteroatoms. The molecule has 1 aromatic rings. The van der Waals surface area contributed by atoms with Crippen molar-refractivity contribution in [3.63, 3.8) is 0 Å². The van der Waals surface area contributed by atoms with Crippen LogP contribution in [0.3, 0.4) is 0 Å². The number of nitrogens with two attached hydrogens (primary N) is 1. The number of fused-ring (bicyclic) bond motifs is 1. The van der Waals surface area contributed by atoms with Crippen LogP contribution >= 0.6 is 11.8 Å². The monoisotopic (exact) mass is 310 g/mol. The Labute approximate surface area is 123 Å². The van der Waals surface area contributed by atoms with Gasteiger partial charge in [0.15, 0.2) is 5.36 Å². The number of rotatable bonds is 5. The number of hydrogen-bond acceptors (Lipinski definition) is 7. The highest BCUT2D eigenvalue weighted by molar-refractivity contribution is 7.99. The van der Waals surface area contributed by atoms with Crippen molar-refractivity contribution in [1.29, 1.82) is 0 Å². The topological polar surface area (TPSA) is 131 Å². The van der Waals surface area contributed by atoms with Gasteiger partial charge in [-0.05, 0) is 19.9 Å². The second-order valence-corrected chi connectivity index (χ2v) is 6.07. The minimum absolute atomic E-state index is 0.105. The van der Waals surface area contributed by atoms with E-state index in [2.05, 4.69) is 9.98 Å². The largest absolute Gasteiger partial charge is 0.480 e. The summed E-state index contributed by atoms with van der Waals surface area (Å²) in [5.41, 5.74) is 4.59. The van der Waals surface area contributed by atoms with E-state index in [9.17, 15) is 14.9 Å². The van der Waals surface area contributed by atoms with E-state index < -0.39 is 22.6 Å². The van der Waals surface area contributed by atoms with E-state index in [1.165, 1.54) is 17.8 Å². The average molecular weight is 310 g/mol. The number of aliphatic carboxylic acids is 1. The van der Waals surface area contributed by atoms with Crippen molar-refractivity contribution >= 4 is 23.4 Å². The Balaban J connectivity index is 2.45. The van der Waals surface area contributed by atoms with Crippen LogP contribution in [0.15, 0.2) is 27.0 Å². The minimum atomic E-state index is -1.09. The Morgan fingerprint density at radius 1 is 1.48 bits per heavy atom. The Hall–Kier alpha value is -2.00. The van der Waals surface area contributed by atoms with Crippen molar-refractivity contribution in [3.8, 4) is 0 Å². The van der Waals surface area contributed by atoms with Crippen LogP contribution in [0, 0.1) is 10.1 Å². The summed E-state index contributed by atoms with van der Waals surface area (Å²) >= 11 is 1.20. The number of carboxylic acid groups (broad SMARTS) is 1. The fourth-order valence-corrected chi connectivity index (χ4v) is 2.80. The van der Waals surface area contributed by atoms with Crippen LogP contribution in [0.2, 0.25) is 0 Å². The number of carboxylic acids is 1. The van der Waals surface area contributed by atoms with Gasteiger partial charge in [0, 0.05) is 16.7 Å². The van der Waals surface area contributed by atoms with Crippen LogP contribution in [0.4, 0.5) is 5.69 Å². The third-order valence-corrected chi connectivity index (χ3v) is 3.96. The molecule has 0 aromatic heterocycles. The van der Waals surface area contributed by atoms with Crippen molar-refractivity contribution in [3.05, 3.63) is 33.0 Å². The zero-order valence-electron chi connectivity index (χ0n) is 11.4. The van der Waals surface area contributed by atoms with Gasteiger partial charge in [0.25, 0.3) is 5.69 Å². The molecule has 21 heavy (non-hydrogen) atoms. The lowest BCUT2D eigenvalue weighted by Gasteiger charge is -2.08. The van der Waals surface area contributed by atoms with Gasteiger partial charge in [-0.25, -0.2) is 4.99 Å². The average Bonchev–Trinajstić information content (AvgIpc) is 2.69. The molecular weight excluding hydrogens is 296 g/mol. The molecule has 1 aliphatic rings. The number of non-ortho nitro benzene ring substituents is 1. The molecule has 0 fully saturated rings. The van der Waals surface area contributed by atoms with Crippen LogP contribution in [-0.2, 0) is 4.79 Å². The zero-order chi connectivity index (χ0) is 15.8. The quantitative estimate of drug-likeness (QED) is 0.450. The van der Waals surface area contributed by atoms with Gasteiger partial charge in [0.05, 0.1) is 4.92 Å². The highest BCUT2D eigenvalue weighted by Crippen LogP contribution is 2.20. The summed E-state index contributed by atoms with van der Waals surface area (Å²) < 4.78 is 0. The van der Waals surface area contributed by atoms with Crippen LogP contribution < -0.4 is 16.4 Å². The Kier molecular flexibility index (Phi) is 3.97. The van der Waals surface area contributed by atoms with Gasteiger partial charge >= 0.3 is 5.97 Å². The van der Waals surface area contributed by atoms with Crippen LogP contribution in [-0.4, -0.2) is 33.5 Å². The molecule has 0 spiro atoms. The molecule has 112 valence electrons. The number of nitro groups is 1. The van der Waals surface area contributed by atoms with E-state index in [-0.39, 0.29) is 16.8 Å². The molecule has 8 nitrogen and oxygen atoms in total. The van der Waals surface area contributed by atoms with Gasteiger partial charge in [-0.2, -0.15) is 0 Å². The first-order valence-electron chi connectivity index (χ1n) is 6.09. The smallest absolute Gasteiger partial charge is 0.321 e. The van der Waals surface area contributed by atoms with Crippen LogP contribution in [0.5, 0.6) is 0 Å². The van der Waals surface area contributed by atoms with E-state index in [4.69, 9.17) is 10.8 Å². The van der Waals surface area contributed by atoms with Crippen molar-refractivity contribution in [2.45, 2.75) is 30.4 Å². The van der Waals surface area contributed by atoms with E-state index in [0.29, 0.717) is 10.3 Å². The van der Waals surface area contributed by atoms with Crippen LogP contribution in [0.25, 0.3) is 0 Å². The highest BCUT2D eigenvalue weighted by atomic mass is 32.2. The summed E-state index contributed by atoms with van der Waals surface area (Å²) in [6, 6.07) is 1.90. The summed E-state index contributed by atoms with van der Waals surface area (Å²) in [5.74, 6) is -0.946. The molecule has 0 amide bonds. The molecule has 0 aliphatic carbocycles. The number of nitro benzene ring substituents is 1. The number of hydrogen-bond donors (Lipinski definition) is 2. The summed E-state index contributed by atoms with van der Waals surface area (Å²) in [4.78, 5) is 30.5. The van der Waals surface area contributed by atoms with E-state index in [1.807, 2.05) is 0 Å². The molecule has 0 saturated carbocycles. The molecule has 1 aromatic carbocycles. The number of carbonyl (C=O) groups is 1. The first-order chi connectivity index (χ1) is 9.71. The first kappa shape index (κ1) is 15.4. The van der Waals surface area contributed by atoms with Gasteiger partial charge in [-0.1, -0.05) is 0 Å². The van der Waals surface area contributed by atoms with Gasteiger partial charge in [0.1, 0.15) is 17.1 Å². The Bertz CT molecular complexity index is 732. The maximum atomic E-state index is 11.0. The molecule has 2 rings (SSSR count). The summed E-state index contributed by atoms with van der Waals surface area (Å²) in [6.07, 6.45) is 0. The summed E-state index contributed by atoms with van der Waals surface area (Å²) in [6.45, 7) is 3.49. The van der Waals surface area contributed by atoms with Crippen LogP contribution in [0.1, 0.15) is 13.8 Å². The molecule has 1 heterocycles. The van der Waals surface area contributed by atoms with E-state index in [0.717, 1.165) is 0 Å². The lowest BCUT2D eigenvalue weighted by molar-refractivity contribution is -0.386. The second-order valence-electron chi connectivity index (χ2n) is 5.01. The Morgan fingerprint density at radius 3 is 2.67 bits per heavy atom. The van der Waals surface area contributed by atoms with Crippen molar-refractivity contribution in [1.82, 2.24) is 0 Å². The maximum absolute atomic E-state index is 11.0. The van der Waals surface area contributed by atoms with E-state index in [1.54, 1.807) is 19.9 Å². The standard InChI is InChI=1S/C12H14N4O4S/c1-12(2)14-9-7(16(19)20)3-4-8(10(9)15-12)21-5-6(13)11(17)18/h3-4,6H,5,13H2,1-2H3,(H,17,18). The molecule has 0 bridgehead atoms. The lowest BCUT2D eigenvalue weighted by atomic mass is 10.3. The maximum Gasteiger partial charge on any atom is 0.321 e.